The molecule has 2 bridgehead atoms. The van der Waals surface area contributed by atoms with Crippen LogP contribution in [0.4, 0.5) is 18.9 Å². The average Bonchev–Trinajstić information content (AvgIpc) is 2.73. The number of anilines is 1. The zero-order valence-corrected chi connectivity index (χ0v) is 15.4. The van der Waals surface area contributed by atoms with E-state index in [9.17, 15) is 18.0 Å². The number of nitrogens with one attached hydrogen (secondary N) is 1. The van der Waals surface area contributed by atoms with Crippen LogP contribution in [-0.4, -0.2) is 5.91 Å². The van der Waals surface area contributed by atoms with E-state index in [1.54, 1.807) is 0 Å². The molecule has 0 unspecified atom stereocenters. The van der Waals surface area contributed by atoms with Crippen LogP contribution in [0.5, 0.6) is 0 Å². The Hall–Kier alpha value is -3.08. The van der Waals surface area contributed by atoms with Gasteiger partial charge in [-0.1, -0.05) is 54.6 Å². The Morgan fingerprint density at radius 3 is 2.00 bits per heavy atom. The summed E-state index contributed by atoms with van der Waals surface area (Å²) in [5, 5.41) is 2.73. The van der Waals surface area contributed by atoms with E-state index in [0.717, 1.165) is 23.3 Å². The molecular weight excluding hydrogens is 375 g/mol. The van der Waals surface area contributed by atoms with Gasteiger partial charge in [0.1, 0.15) is 0 Å². The molecule has 0 aromatic heterocycles. The summed E-state index contributed by atoms with van der Waals surface area (Å²) in [5.41, 5.74) is 4.20. The molecule has 6 rings (SSSR count). The fraction of sp³-hybridized carbons (Fsp3) is 0.208. The highest BCUT2D eigenvalue weighted by atomic mass is 19.4. The van der Waals surface area contributed by atoms with Crippen molar-refractivity contribution < 1.29 is 18.0 Å². The molecule has 29 heavy (non-hydrogen) atoms. The van der Waals surface area contributed by atoms with E-state index in [4.69, 9.17) is 0 Å². The van der Waals surface area contributed by atoms with Crippen molar-refractivity contribution in [3.8, 4) is 0 Å². The maximum Gasteiger partial charge on any atom is 0.416 e. The number of carbonyl (C=O) groups is 1. The zero-order valence-electron chi connectivity index (χ0n) is 15.4. The van der Waals surface area contributed by atoms with Crippen LogP contribution in [0.3, 0.4) is 0 Å². The standard InChI is InChI=1S/C24H18F3NO/c25-24(26,27)14-6-5-7-15(12-14)28-23(29)21-13-20-16-8-1-3-10-18(16)22(21)19-11-4-2-9-17(19)20/h1-12,20-22H,13H2,(H,28,29)/t20?,21-,22?/m0/s1. The lowest BCUT2D eigenvalue weighted by Gasteiger charge is -2.44. The normalized spacial score (nSPS) is 22.0. The van der Waals surface area contributed by atoms with Crippen molar-refractivity contribution in [2.75, 3.05) is 5.32 Å². The van der Waals surface area contributed by atoms with Gasteiger partial charge < -0.3 is 5.32 Å². The number of amides is 1. The predicted octanol–water partition coefficient (Wildman–Crippen LogP) is 5.94. The summed E-state index contributed by atoms with van der Waals surface area (Å²) in [6.07, 6.45) is -3.79. The average molecular weight is 393 g/mol. The van der Waals surface area contributed by atoms with E-state index in [2.05, 4.69) is 29.6 Å². The van der Waals surface area contributed by atoms with Gasteiger partial charge in [-0.15, -0.1) is 0 Å². The number of benzene rings is 3. The lowest BCUT2D eigenvalue weighted by atomic mass is 9.59. The molecule has 3 aliphatic carbocycles. The number of halogens is 3. The van der Waals surface area contributed by atoms with Crippen molar-refractivity contribution in [2.45, 2.75) is 24.4 Å². The van der Waals surface area contributed by atoms with Crippen molar-refractivity contribution in [2.24, 2.45) is 5.92 Å². The number of hydrogen-bond acceptors (Lipinski definition) is 1. The Labute approximate surface area is 166 Å². The van der Waals surface area contributed by atoms with Gasteiger partial charge in [0.05, 0.1) is 11.5 Å². The van der Waals surface area contributed by atoms with E-state index < -0.39 is 11.7 Å². The number of rotatable bonds is 2. The minimum atomic E-state index is -4.44. The summed E-state index contributed by atoms with van der Waals surface area (Å²) in [6.45, 7) is 0. The first-order valence-electron chi connectivity index (χ1n) is 9.59. The predicted molar refractivity (Wildman–Crippen MR) is 105 cm³/mol. The van der Waals surface area contributed by atoms with Crippen LogP contribution in [-0.2, 0) is 11.0 Å². The number of hydrogen-bond donors (Lipinski definition) is 1. The molecule has 0 saturated carbocycles. The van der Waals surface area contributed by atoms with E-state index in [0.29, 0.717) is 6.42 Å². The third-order valence-electron chi connectivity index (χ3n) is 6.10. The molecule has 1 N–H and O–H groups in total. The molecule has 0 spiro atoms. The van der Waals surface area contributed by atoms with Gasteiger partial charge in [-0.2, -0.15) is 13.2 Å². The van der Waals surface area contributed by atoms with Gasteiger partial charge in [0.15, 0.2) is 0 Å². The molecule has 0 aliphatic heterocycles. The minimum absolute atomic E-state index is 0.0850. The molecule has 0 fully saturated rings. The highest BCUT2D eigenvalue weighted by Crippen LogP contribution is 2.55. The lowest BCUT2D eigenvalue weighted by molar-refractivity contribution is -0.137. The van der Waals surface area contributed by atoms with Gasteiger partial charge in [0.2, 0.25) is 5.91 Å². The number of carbonyl (C=O) groups excluding carboxylic acids is 1. The summed E-state index contributed by atoms with van der Waals surface area (Å²) in [7, 11) is 0. The van der Waals surface area contributed by atoms with Crippen molar-refractivity contribution in [1.29, 1.82) is 0 Å². The second kappa shape index (κ2) is 6.48. The highest BCUT2D eigenvalue weighted by molar-refractivity contribution is 5.94. The lowest BCUT2D eigenvalue weighted by Crippen LogP contribution is -2.38. The Kier molecular flexibility index (Phi) is 4.02. The number of alkyl halides is 3. The van der Waals surface area contributed by atoms with E-state index in [1.807, 2.05) is 24.3 Å². The molecule has 146 valence electrons. The van der Waals surface area contributed by atoms with Gasteiger partial charge in [-0.25, -0.2) is 0 Å². The summed E-state index contributed by atoms with van der Waals surface area (Å²) >= 11 is 0. The molecule has 1 atom stereocenters. The summed E-state index contributed by atoms with van der Waals surface area (Å²) < 4.78 is 39.0. The van der Waals surface area contributed by atoms with Crippen LogP contribution < -0.4 is 5.32 Å². The molecule has 0 heterocycles. The van der Waals surface area contributed by atoms with Crippen LogP contribution in [0.15, 0.2) is 72.8 Å². The maximum atomic E-state index is 13.1. The fourth-order valence-electron chi connectivity index (χ4n) is 4.90. The summed E-state index contributed by atoms with van der Waals surface area (Å²) in [6, 6.07) is 21.1. The quantitative estimate of drug-likeness (QED) is 0.573. The topological polar surface area (TPSA) is 29.1 Å². The van der Waals surface area contributed by atoms with Crippen LogP contribution in [0.2, 0.25) is 0 Å². The van der Waals surface area contributed by atoms with Gasteiger partial charge in [-0.05, 0) is 46.9 Å². The molecule has 3 aromatic rings. The Morgan fingerprint density at radius 2 is 1.41 bits per heavy atom. The zero-order chi connectivity index (χ0) is 20.2. The second-order valence-electron chi connectivity index (χ2n) is 7.70. The van der Waals surface area contributed by atoms with Gasteiger partial charge in [-0.3, -0.25) is 4.79 Å². The van der Waals surface area contributed by atoms with E-state index >= 15 is 0 Å². The van der Waals surface area contributed by atoms with Gasteiger partial charge in [0.25, 0.3) is 0 Å². The minimum Gasteiger partial charge on any atom is -0.326 e. The molecule has 3 aliphatic rings. The highest BCUT2D eigenvalue weighted by Gasteiger charge is 2.46. The first-order chi connectivity index (χ1) is 13.9. The third kappa shape index (κ3) is 2.92. The van der Waals surface area contributed by atoms with Crippen molar-refractivity contribution >= 4 is 11.6 Å². The second-order valence-corrected chi connectivity index (χ2v) is 7.70. The maximum absolute atomic E-state index is 13.1. The summed E-state index contributed by atoms with van der Waals surface area (Å²) in [4.78, 5) is 13.1. The Morgan fingerprint density at radius 1 is 0.828 bits per heavy atom. The fourth-order valence-corrected chi connectivity index (χ4v) is 4.90. The van der Waals surface area contributed by atoms with E-state index in [1.165, 1.54) is 23.3 Å². The van der Waals surface area contributed by atoms with Crippen LogP contribution >= 0.6 is 0 Å². The molecule has 1 amide bonds. The molecule has 5 heteroatoms. The monoisotopic (exact) mass is 393 g/mol. The van der Waals surface area contributed by atoms with Crippen molar-refractivity contribution in [3.63, 3.8) is 0 Å². The molecule has 0 radical (unpaired) electrons. The molecule has 3 aromatic carbocycles. The van der Waals surface area contributed by atoms with Crippen LogP contribution in [0.25, 0.3) is 0 Å². The first-order valence-corrected chi connectivity index (χ1v) is 9.59. The Balaban J connectivity index is 1.50. The van der Waals surface area contributed by atoms with Crippen molar-refractivity contribution in [1.82, 2.24) is 0 Å². The van der Waals surface area contributed by atoms with Crippen molar-refractivity contribution in [3.05, 3.63) is 101 Å². The van der Waals surface area contributed by atoms with Gasteiger partial charge >= 0.3 is 6.18 Å². The first kappa shape index (κ1) is 18.0. The molecular formula is C24H18F3NO. The van der Waals surface area contributed by atoms with Gasteiger partial charge in [0, 0.05) is 17.5 Å². The van der Waals surface area contributed by atoms with Crippen LogP contribution in [0.1, 0.15) is 46.1 Å². The summed E-state index contributed by atoms with van der Waals surface area (Å²) in [5.74, 6) is -0.509. The SMILES string of the molecule is O=C(Nc1cccc(C(F)(F)F)c1)[C@H]1CC2c3ccccc3C1c1ccccc12. The number of fused-ring (bicyclic) bond motifs is 1. The van der Waals surface area contributed by atoms with Crippen LogP contribution in [0, 0.1) is 5.92 Å². The largest absolute Gasteiger partial charge is 0.416 e. The third-order valence-corrected chi connectivity index (χ3v) is 6.10. The smallest absolute Gasteiger partial charge is 0.326 e. The van der Waals surface area contributed by atoms with E-state index in [-0.39, 0.29) is 29.3 Å². The molecule has 2 nitrogen and oxygen atoms in total. The Bertz CT molecular complexity index is 1060. The molecule has 0 saturated heterocycles.